The number of anilines is 1. The molecule has 0 atom stereocenters. The maximum absolute atomic E-state index is 11.7. The summed E-state index contributed by atoms with van der Waals surface area (Å²) in [5.74, 6) is 0.0110. The largest absolute Gasteiger partial charge is 0.377 e. The van der Waals surface area contributed by atoms with E-state index in [2.05, 4.69) is 52.0 Å². The molecule has 0 aliphatic carbocycles. The van der Waals surface area contributed by atoms with E-state index in [9.17, 15) is 4.79 Å². The van der Waals surface area contributed by atoms with Crippen molar-refractivity contribution in [1.82, 2.24) is 19.7 Å². The molecule has 0 aliphatic heterocycles. The summed E-state index contributed by atoms with van der Waals surface area (Å²) in [4.78, 5) is 17.9. The van der Waals surface area contributed by atoms with Crippen molar-refractivity contribution in [3.63, 3.8) is 0 Å². The lowest BCUT2D eigenvalue weighted by molar-refractivity contribution is -0.129. The number of nitrogens with zero attached hydrogens (tertiary/aromatic N) is 4. The van der Waals surface area contributed by atoms with Gasteiger partial charge in [-0.25, -0.2) is 4.98 Å². The molecule has 3 rings (SSSR count). The van der Waals surface area contributed by atoms with Gasteiger partial charge in [-0.1, -0.05) is 29.8 Å². The smallest absolute Gasteiger partial charge is 0.243 e. The Morgan fingerprint density at radius 2 is 2.04 bits per heavy atom. The predicted octanol–water partition coefficient (Wildman–Crippen LogP) is 3.02. The van der Waals surface area contributed by atoms with Gasteiger partial charge in [0.05, 0.1) is 24.1 Å². The number of aromatic nitrogens is 3. The number of nitrogens with one attached hydrogen (secondary N) is 1. The highest BCUT2D eigenvalue weighted by Crippen LogP contribution is 2.24. The highest BCUT2D eigenvalue weighted by molar-refractivity contribution is 7.13. The van der Waals surface area contributed by atoms with Crippen LogP contribution < -0.4 is 5.32 Å². The number of benzene rings is 1. The third-order valence-electron chi connectivity index (χ3n) is 3.75. The summed E-state index contributed by atoms with van der Waals surface area (Å²) in [6.45, 7) is 2.94. The molecule has 0 saturated carbocycles. The van der Waals surface area contributed by atoms with Crippen LogP contribution in [-0.2, 0) is 17.9 Å². The molecule has 25 heavy (non-hydrogen) atoms. The summed E-state index contributed by atoms with van der Waals surface area (Å²) in [6.07, 6.45) is 3.55. The Morgan fingerprint density at radius 1 is 1.28 bits per heavy atom. The topological polar surface area (TPSA) is 63.1 Å². The Labute approximate surface area is 151 Å². The molecule has 1 aromatic carbocycles. The van der Waals surface area contributed by atoms with Crippen molar-refractivity contribution in [1.29, 1.82) is 0 Å². The summed E-state index contributed by atoms with van der Waals surface area (Å²) in [5, 5.41) is 10.6. The molecule has 130 valence electrons. The molecule has 0 bridgehead atoms. The van der Waals surface area contributed by atoms with Gasteiger partial charge in [-0.2, -0.15) is 5.10 Å². The quantitative estimate of drug-likeness (QED) is 0.738. The van der Waals surface area contributed by atoms with E-state index in [1.165, 1.54) is 5.56 Å². The van der Waals surface area contributed by atoms with Crippen LogP contribution in [0.15, 0.2) is 42.0 Å². The van der Waals surface area contributed by atoms with Crippen molar-refractivity contribution >= 4 is 22.9 Å². The summed E-state index contributed by atoms with van der Waals surface area (Å²) in [6, 6.07) is 8.38. The van der Waals surface area contributed by atoms with E-state index in [1.54, 1.807) is 41.2 Å². The van der Waals surface area contributed by atoms with Gasteiger partial charge in [-0.15, -0.1) is 11.3 Å². The third-order valence-corrected chi connectivity index (χ3v) is 4.69. The van der Waals surface area contributed by atoms with Crippen molar-refractivity contribution < 1.29 is 4.79 Å². The number of aryl methyl sites for hydroxylation is 1. The molecule has 1 amide bonds. The van der Waals surface area contributed by atoms with Crippen LogP contribution in [0.5, 0.6) is 0 Å². The zero-order valence-electron chi connectivity index (χ0n) is 14.6. The average Bonchev–Trinajstić information content (AvgIpc) is 3.23. The highest BCUT2D eigenvalue weighted by atomic mass is 32.1. The zero-order valence-corrected chi connectivity index (χ0v) is 15.4. The number of likely N-dealkylation sites (N-methyl/N-ethyl adjacent to an activating group) is 1. The number of amides is 1. The number of hydrogen-bond donors (Lipinski definition) is 1. The van der Waals surface area contributed by atoms with Crippen LogP contribution in [0.25, 0.3) is 10.6 Å². The monoisotopic (exact) mass is 355 g/mol. The lowest BCUT2D eigenvalue weighted by Gasteiger charge is -2.09. The maximum atomic E-state index is 11.7. The normalized spacial score (nSPS) is 10.7. The molecule has 0 radical (unpaired) electrons. The van der Waals surface area contributed by atoms with Crippen LogP contribution in [0, 0.1) is 6.92 Å². The molecular formula is C18H21N5OS. The number of carbonyl (C=O) groups is 1. The van der Waals surface area contributed by atoms with Crippen LogP contribution in [0.1, 0.15) is 11.3 Å². The van der Waals surface area contributed by atoms with Gasteiger partial charge in [0.15, 0.2) is 0 Å². The molecule has 2 heterocycles. The van der Waals surface area contributed by atoms with Crippen molar-refractivity contribution in [2.45, 2.75) is 20.0 Å². The molecule has 0 saturated heterocycles. The van der Waals surface area contributed by atoms with Gasteiger partial charge >= 0.3 is 0 Å². The summed E-state index contributed by atoms with van der Waals surface area (Å²) >= 11 is 1.64. The van der Waals surface area contributed by atoms with E-state index in [0.717, 1.165) is 22.0 Å². The standard InChI is InChI=1S/C18H21N5OS/c1-13-4-6-14(7-5-13)18-21-16(12-25-18)8-19-15-9-20-23(10-15)11-17(24)22(2)3/h4-7,9-10,12,19H,8,11H2,1-3H3. The number of rotatable bonds is 6. The molecule has 1 N–H and O–H groups in total. The fraction of sp³-hybridized carbons (Fsp3) is 0.278. The third kappa shape index (κ3) is 4.45. The summed E-state index contributed by atoms with van der Waals surface area (Å²) in [5.41, 5.74) is 4.23. The highest BCUT2D eigenvalue weighted by Gasteiger charge is 2.08. The Hall–Kier alpha value is -2.67. The second-order valence-corrected chi connectivity index (χ2v) is 6.94. The minimum absolute atomic E-state index is 0.0110. The minimum atomic E-state index is 0.0110. The maximum Gasteiger partial charge on any atom is 0.243 e. The number of hydrogen-bond acceptors (Lipinski definition) is 5. The predicted molar refractivity (Wildman–Crippen MR) is 101 cm³/mol. The Bertz CT molecular complexity index is 850. The van der Waals surface area contributed by atoms with E-state index >= 15 is 0 Å². The van der Waals surface area contributed by atoms with Crippen LogP contribution in [0.2, 0.25) is 0 Å². The van der Waals surface area contributed by atoms with Gasteiger partial charge in [0.25, 0.3) is 0 Å². The van der Waals surface area contributed by atoms with Crippen molar-refractivity contribution in [2.75, 3.05) is 19.4 Å². The van der Waals surface area contributed by atoms with E-state index in [0.29, 0.717) is 6.54 Å². The second-order valence-electron chi connectivity index (χ2n) is 6.08. The Morgan fingerprint density at radius 3 is 2.76 bits per heavy atom. The Balaban J connectivity index is 1.58. The lowest BCUT2D eigenvalue weighted by atomic mass is 10.2. The molecule has 0 spiro atoms. The Kier molecular flexibility index (Phi) is 5.14. The first-order valence-corrected chi connectivity index (χ1v) is 8.87. The van der Waals surface area contributed by atoms with Gasteiger partial charge in [0.1, 0.15) is 11.6 Å². The fourth-order valence-corrected chi connectivity index (χ4v) is 3.06. The van der Waals surface area contributed by atoms with E-state index in [-0.39, 0.29) is 12.5 Å². The van der Waals surface area contributed by atoms with E-state index < -0.39 is 0 Å². The zero-order chi connectivity index (χ0) is 17.8. The van der Waals surface area contributed by atoms with Gasteiger partial charge < -0.3 is 10.2 Å². The summed E-state index contributed by atoms with van der Waals surface area (Å²) in [7, 11) is 3.47. The average molecular weight is 355 g/mol. The van der Waals surface area contributed by atoms with E-state index in [4.69, 9.17) is 0 Å². The number of carbonyl (C=O) groups excluding carboxylic acids is 1. The molecular weight excluding hydrogens is 334 g/mol. The van der Waals surface area contributed by atoms with Gasteiger partial charge in [0.2, 0.25) is 5.91 Å². The molecule has 0 fully saturated rings. The number of thiazole rings is 1. The van der Waals surface area contributed by atoms with Crippen molar-refractivity contribution in [3.8, 4) is 10.6 Å². The molecule has 0 aliphatic rings. The molecule has 7 heteroatoms. The molecule has 2 aromatic heterocycles. The van der Waals surface area contributed by atoms with E-state index in [1.807, 2.05) is 6.20 Å². The van der Waals surface area contributed by atoms with Crippen LogP contribution >= 0.6 is 11.3 Å². The second kappa shape index (κ2) is 7.48. The fourth-order valence-electron chi connectivity index (χ4n) is 2.23. The van der Waals surface area contributed by atoms with Gasteiger partial charge in [-0.3, -0.25) is 9.48 Å². The first-order valence-electron chi connectivity index (χ1n) is 7.99. The van der Waals surface area contributed by atoms with Gasteiger partial charge in [0, 0.05) is 31.2 Å². The lowest BCUT2D eigenvalue weighted by Crippen LogP contribution is -2.26. The SMILES string of the molecule is Cc1ccc(-c2nc(CNc3cnn(CC(=O)N(C)C)c3)cs2)cc1. The molecule has 0 unspecified atom stereocenters. The minimum Gasteiger partial charge on any atom is -0.377 e. The van der Waals surface area contributed by atoms with Crippen LogP contribution in [-0.4, -0.2) is 39.7 Å². The van der Waals surface area contributed by atoms with Crippen LogP contribution in [0.3, 0.4) is 0 Å². The molecule has 6 nitrogen and oxygen atoms in total. The summed E-state index contributed by atoms with van der Waals surface area (Å²) < 4.78 is 1.63. The first kappa shape index (κ1) is 17.2. The van der Waals surface area contributed by atoms with Crippen LogP contribution in [0.4, 0.5) is 5.69 Å². The van der Waals surface area contributed by atoms with Crippen molar-refractivity contribution in [3.05, 3.63) is 53.3 Å². The van der Waals surface area contributed by atoms with Crippen molar-refractivity contribution in [2.24, 2.45) is 0 Å². The first-order chi connectivity index (χ1) is 12.0. The molecule has 3 aromatic rings. The van der Waals surface area contributed by atoms with Gasteiger partial charge in [-0.05, 0) is 6.92 Å².